The number of benzene rings is 2. The van der Waals surface area contributed by atoms with Gasteiger partial charge < -0.3 is 15.3 Å². The van der Waals surface area contributed by atoms with Crippen LogP contribution in [0.15, 0.2) is 36.4 Å². The van der Waals surface area contributed by atoms with E-state index in [0.717, 1.165) is 6.07 Å². The molecule has 0 bridgehead atoms. The highest BCUT2D eigenvalue weighted by Crippen LogP contribution is 2.43. The van der Waals surface area contributed by atoms with E-state index in [0.29, 0.717) is 11.1 Å². The summed E-state index contributed by atoms with van der Waals surface area (Å²) in [6.07, 6.45) is -6.36. The Hall–Kier alpha value is -2.98. The number of nitrogens with one attached hydrogen (secondary N) is 2. The molecule has 0 aromatic heterocycles. The molecule has 33 heavy (non-hydrogen) atoms. The highest BCUT2D eigenvalue weighted by molar-refractivity contribution is 5.99. The molecule has 178 valence electrons. The van der Waals surface area contributed by atoms with E-state index >= 15 is 0 Å². The first-order chi connectivity index (χ1) is 15.2. The summed E-state index contributed by atoms with van der Waals surface area (Å²) in [5.74, 6) is -2.99. The van der Waals surface area contributed by atoms with Crippen LogP contribution >= 0.6 is 0 Å². The summed E-state index contributed by atoms with van der Waals surface area (Å²) in [6.45, 7) is 6.07. The van der Waals surface area contributed by atoms with Crippen LogP contribution < -0.4 is 10.8 Å². The number of alkyl halides is 3. The predicted molar refractivity (Wildman–Crippen MR) is 112 cm³/mol. The van der Waals surface area contributed by atoms with Crippen molar-refractivity contribution in [1.29, 1.82) is 0 Å². The number of carbonyl (C=O) groups is 2. The van der Waals surface area contributed by atoms with Crippen molar-refractivity contribution in [2.45, 2.75) is 57.3 Å². The summed E-state index contributed by atoms with van der Waals surface area (Å²) in [7, 11) is 0. The van der Waals surface area contributed by atoms with Crippen molar-refractivity contribution in [2.24, 2.45) is 0 Å². The maximum Gasteiger partial charge on any atom is 0.426 e. The third-order valence-electron chi connectivity index (χ3n) is 5.80. The maximum atomic E-state index is 14.0. The van der Waals surface area contributed by atoms with E-state index in [1.807, 2.05) is 0 Å². The van der Waals surface area contributed by atoms with Gasteiger partial charge in [0.1, 0.15) is 5.82 Å². The minimum Gasteiger partial charge on any atom is -0.373 e. The van der Waals surface area contributed by atoms with Crippen molar-refractivity contribution in [1.82, 2.24) is 5.48 Å². The Bertz CT molecular complexity index is 1100. The summed E-state index contributed by atoms with van der Waals surface area (Å²) >= 11 is 0. The third-order valence-corrected chi connectivity index (χ3v) is 5.80. The Balaban J connectivity index is 1.94. The topological polar surface area (TPSA) is 87.7 Å². The zero-order valence-corrected chi connectivity index (χ0v) is 18.4. The molecule has 2 aromatic carbocycles. The van der Waals surface area contributed by atoms with Crippen LogP contribution in [0, 0.1) is 12.7 Å². The molecule has 2 unspecified atom stereocenters. The molecule has 1 heterocycles. The lowest BCUT2D eigenvalue weighted by Crippen LogP contribution is -2.57. The molecule has 0 saturated heterocycles. The molecule has 0 saturated carbocycles. The summed E-state index contributed by atoms with van der Waals surface area (Å²) < 4.78 is 55.8. The first-order valence-corrected chi connectivity index (χ1v) is 10.1. The second kappa shape index (κ2) is 8.42. The average Bonchev–Trinajstić information content (AvgIpc) is 2.71. The molecule has 0 aliphatic carbocycles. The van der Waals surface area contributed by atoms with E-state index in [-0.39, 0.29) is 16.8 Å². The van der Waals surface area contributed by atoms with Gasteiger partial charge in [0.15, 0.2) is 0 Å². The lowest BCUT2D eigenvalue weighted by atomic mass is 9.73. The molecule has 2 atom stereocenters. The van der Waals surface area contributed by atoms with Crippen LogP contribution in [-0.2, 0) is 15.0 Å². The number of aryl methyl sites for hydroxylation is 1. The quantitative estimate of drug-likeness (QED) is 0.564. The monoisotopic (exact) mass is 468 g/mol. The maximum absolute atomic E-state index is 14.0. The molecule has 0 spiro atoms. The number of rotatable bonds is 5. The number of hydrogen-bond donors (Lipinski definition) is 3. The normalized spacial score (nSPS) is 18.2. The number of amides is 1. The fourth-order valence-corrected chi connectivity index (χ4v) is 4.05. The van der Waals surface area contributed by atoms with Gasteiger partial charge in [-0.3, -0.25) is 4.79 Å². The van der Waals surface area contributed by atoms with E-state index in [2.05, 4.69) is 10.8 Å². The average molecular weight is 468 g/mol. The van der Waals surface area contributed by atoms with Crippen LogP contribution in [0.1, 0.15) is 60.3 Å². The zero-order chi connectivity index (χ0) is 24.8. The number of hydroxylamine groups is 1. The van der Waals surface area contributed by atoms with Crippen molar-refractivity contribution < 1.29 is 37.1 Å². The van der Waals surface area contributed by atoms with Gasteiger partial charge >= 0.3 is 12.1 Å². The van der Waals surface area contributed by atoms with Crippen LogP contribution in [0.4, 0.5) is 23.2 Å². The predicted octanol–water partition coefficient (Wildman–Crippen LogP) is 4.47. The summed E-state index contributed by atoms with van der Waals surface area (Å²) in [5.41, 5.74) is -1.38. The van der Waals surface area contributed by atoms with Crippen LogP contribution in [0.25, 0.3) is 0 Å². The van der Waals surface area contributed by atoms with Gasteiger partial charge in [-0.2, -0.15) is 13.2 Å². The Morgan fingerprint density at radius 2 is 1.85 bits per heavy atom. The molecule has 2 aromatic rings. The van der Waals surface area contributed by atoms with Crippen molar-refractivity contribution >= 4 is 17.6 Å². The number of aliphatic hydroxyl groups is 1. The van der Waals surface area contributed by atoms with Gasteiger partial charge in [-0.25, -0.2) is 9.18 Å². The van der Waals surface area contributed by atoms with Crippen molar-refractivity contribution in [3.8, 4) is 0 Å². The van der Waals surface area contributed by atoms with E-state index < -0.39 is 47.3 Å². The third kappa shape index (κ3) is 4.72. The standard InChI is InChI=1S/C23H24F4N2O4/c1-12-5-6-14(24)9-18(12)21(3,4)11-22(32,23(25,26)27)20(31)28-15-7-8-16-17(10-15)13(2)29-33-19(16)30/h5-10,13,29,32H,11H2,1-4H3,(H,28,31). The molecular formula is C23H24F4N2O4. The first kappa shape index (κ1) is 24.7. The molecule has 3 N–H and O–H groups in total. The Labute approximate surface area is 187 Å². The summed E-state index contributed by atoms with van der Waals surface area (Å²) in [4.78, 5) is 29.4. The fourth-order valence-electron chi connectivity index (χ4n) is 4.05. The van der Waals surface area contributed by atoms with Gasteiger partial charge in [-0.05, 0) is 66.3 Å². The Morgan fingerprint density at radius 1 is 1.18 bits per heavy atom. The van der Waals surface area contributed by atoms with Crippen LogP contribution in [0.2, 0.25) is 0 Å². The number of fused-ring (bicyclic) bond motifs is 1. The fraction of sp³-hybridized carbons (Fsp3) is 0.391. The molecule has 1 amide bonds. The van der Waals surface area contributed by atoms with E-state index in [9.17, 15) is 32.3 Å². The zero-order valence-electron chi connectivity index (χ0n) is 18.4. The van der Waals surface area contributed by atoms with Gasteiger partial charge in [0.05, 0.1) is 11.6 Å². The Kier molecular flexibility index (Phi) is 6.29. The molecular weight excluding hydrogens is 444 g/mol. The number of anilines is 1. The highest BCUT2D eigenvalue weighted by atomic mass is 19.4. The molecule has 6 nitrogen and oxygen atoms in total. The number of halogens is 4. The Morgan fingerprint density at radius 3 is 2.48 bits per heavy atom. The van der Waals surface area contributed by atoms with E-state index in [4.69, 9.17) is 4.84 Å². The molecule has 0 fully saturated rings. The number of carbonyl (C=O) groups excluding carboxylic acids is 2. The highest BCUT2D eigenvalue weighted by Gasteiger charge is 2.61. The largest absolute Gasteiger partial charge is 0.426 e. The van der Waals surface area contributed by atoms with Gasteiger partial charge in [0, 0.05) is 12.1 Å². The lowest BCUT2D eigenvalue weighted by molar-refractivity contribution is -0.254. The molecule has 1 aliphatic heterocycles. The van der Waals surface area contributed by atoms with E-state index in [1.54, 1.807) is 13.8 Å². The van der Waals surface area contributed by atoms with Crippen LogP contribution in [-0.4, -0.2) is 28.8 Å². The van der Waals surface area contributed by atoms with Crippen LogP contribution in [0.5, 0.6) is 0 Å². The van der Waals surface area contributed by atoms with Crippen LogP contribution in [0.3, 0.4) is 0 Å². The molecule has 0 radical (unpaired) electrons. The van der Waals surface area contributed by atoms with Gasteiger partial charge in [-0.1, -0.05) is 19.9 Å². The van der Waals surface area contributed by atoms with Crippen molar-refractivity contribution in [3.05, 3.63) is 64.5 Å². The minimum atomic E-state index is -5.32. The van der Waals surface area contributed by atoms with Gasteiger partial charge in [0.25, 0.3) is 5.91 Å². The van der Waals surface area contributed by atoms with Crippen molar-refractivity contribution in [3.63, 3.8) is 0 Å². The summed E-state index contributed by atoms with van der Waals surface area (Å²) in [5, 5.41) is 12.8. The molecule has 10 heteroatoms. The smallest absolute Gasteiger partial charge is 0.373 e. The minimum absolute atomic E-state index is 0.0375. The second-order valence-electron chi connectivity index (χ2n) is 8.86. The SMILES string of the molecule is Cc1ccc(F)cc1C(C)(C)CC(O)(C(=O)Nc1ccc2c(c1)C(C)NOC2=O)C(F)(F)F. The van der Waals surface area contributed by atoms with E-state index in [1.165, 1.54) is 44.2 Å². The van der Waals surface area contributed by atoms with Gasteiger partial charge in [-0.15, -0.1) is 5.48 Å². The van der Waals surface area contributed by atoms with Crippen molar-refractivity contribution in [2.75, 3.05) is 5.32 Å². The lowest BCUT2D eigenvalue weighted by Gasteiger charge is -2.37. The second-order valence-corrected chi connectivity index (χ2v) is 8.86. The first-order valence-electron chi connectivity index (χ1n) is 10.1. The number of hydrogen-bond acceptors (Lipinski definition) is 5. The summed E-state index contributed by atoms with van der Waals surface area (Å²) in [6, 6.07) is 7.13. The molecule has 3 rings (SSSR count). The van der Waals surface area contributed by atoms with Gasteiger partial charge in [0.2, 0.25) is 5.60 Å². The molecule has 1 aliphatic rings.